The lowest BCUT2D eigenvalue weighted by atomic mass is 10.1. The van der Waals surface area contributed by atoms with Crippen molar-refractivity contribution in [3.8, 4) is 0 Å². The Morgan fingerprint density at radius 2 is 2.26 bits per heavy atom. The third-order valence-electron chi connectivity index (χ3n) is 2.70. The van der Waals surface area contributed by atoms with Crippen LogP contribution in [-0.4, -0.2) is 34.6 Å². The minimum atomic E-state index is -1.40. The van der Waals surface area contributed by atoms with E-state index in [4.69, 9.17) is 9.84 Å². The molecule has 100 valence electrons. The van der Waals surface area contributed by atoms with Gasteiger partial charge in [-0.2, -0.15) is 0 Å². The van der Waals surface area contributed by atoms with Crippen LogP contribution in [0.5, 0.6) is 0 Å². The van der Waals surface area contributed by atoms with Crippen molar-refractivity contribution in [1.82, 2.24) is 0 Å². The van der Waals surface area contributed by atoms with Crippen LogP contribution in [0.15, 0.2) is 18.2 Å². The van der Waals surface area contributed by atoms with Gasteiger partial charge >= 0.3 is 11.9 Å². The van der Waals surface area contributed by atoms with Crippen LogP contribution in [-0.2, 0) is 9.53 Å². The van der Waals surface area contributed by atoms with E-state index in [1.807, 2.05) is 0 Å². The number of carboxylic acid groups (broad SMARTS) is 1. The van der Waals surface area contributed by atoms with Crippen molar-refractivity contribution in [2.24, 2.45) is 0 Å². The summed E-state index contributed by atoms with van der Waals surface area (Å²) >= 11 is 0. The number of anilines is 1. The summed E-state index contributed by atoms with van der Waals surface area (Å²) in [7, 11) is 0. The minimum absolute atomic E-state index is 0.301. The number of nitro benzene ring substituents is 1. The molecule has 8 nitrogen and oxygen atoms in total. The summed E-state index contributed by atoms with van der Waals surface area (Å²) in [5.41, 5.74) is -0.597. The van der Waals surface area contributed by atoms with Crippen molar-refractivity contribution >= 4 is 23.3 Å². The largest absolute Gasteiger partial charge is 0.477 e. The Morgan fingerprint density at radius 3 is 2.79 bits per heavy atom. The molecular weight excluding hydrogens is 256 g/mol. The molecule has 2 rings (SSSR count). The minimum Gasteiger partial charge on any atom is -0.477 e. The first-order valence-corrected chi connectivity index (χ1v) is 5.44. The summed E-state index contributed by atoms with van der Waals surface area (Å²) in [5.74, 6) is -1.82. The van der Waals surface area contributed by atoms with Gasteiger partial charge in [-0.15, -0.1) is 0 Å². The molecule has 0 aliphatic carbocycles. The Kier molecular flexibility index (Phi) is 3.32. The van der Waals surface area contributed by atoms with Crippen LogP contribution < -0.4 is 5.32 Å². The number of esters is 1. The number of benzene rings is 1. The summed E-state index contributed by atoms with van der Waals surface area (Å²) in [4.78, 5) is 32.1. The van der Waals surface area contributed by atoms with Crippen molar-refractivity contribution in [1.29, 1.82) is 0 Å². The number of ether oxygens (including phenoxy) is 1. The molecule has 1 fully saturated rings. The fourth-order valence-electron chi connectivity index (χ4n) is 1.78. The van der Waals surface area contributed by atoms with Crippen molar-refractivity contribution in [3.63, 3.8) is 0 Å². The highest BCUT2D eigenvalue weighted by atomic mass is 16.6. The number of carbonyl (C=O) groups is 2. The molecule has 0 aromatic heterocycles. The fraction of sp³-hybridized carbons (Fsp3) is 0.273. The van der Waals surface area contributed by atoms with Gasteiger partial charge in [-0.1, -0.05) is 0 Å². The molecule has 0 saturated carbocycles. The van der Waals surface area contributed by atoms with Crippen LogP contribution in [0.1, 0.15) is 16.8 Å². The van der Waals surface area contributed by atoms with Crippen molar-refractivity contribution < 1.29 is 24.4 Å². The molecule has 1 heterocycles. The van der Waals surface area contributed by atoms with E-state index in [-0.39, 0.29) is 0 Å². The monoisotopic (exact) mass is 266 g/mol. The van der Waals surface area contributed by atoms with Crippen molar-refractivity contribution in [2.45, 2.75) is 12.5 Å². The second-order valence-electron chi connectivity index (χ2n) is 3.95. The number of hydrogen-bond donors (Lipinski definition) is 2. The Bertz CT molecular complexity index is 556. The summed E-state index contributed by atoms with van der Waals surface area (Å²) in [5, 5.41) is 22.4. The van der Waals surface area contributed by atoms with E-state index in [1.165, 1.54) is 6.07 Å². The van der Waals surface area contributed by atoms with Gasteiger partial charge in [0.25, 0.3) is 5.69 Å². The number of aromatic carboxylic acids is 1. The maximum absolute atomic E-state index is 11.3. The molecule has 0 bridgehead atoms. The zero-order chi connectivity index (χ0) is 14.0. The Labute approximate surface area is 107 Å². The standard InChI is InChI=1S/C11H10N2O6/c14-10(15)7-5-6(1-2-9(7)13(17)18)12-8-3-4-19-11(8)16/h1-2,5,8,12H,3-4H2,(H,14,15). The Hall–Kier alpha value is -2.64. The molecule has 0 radical (unpaired) electrons. The first kappa shape index (κ1) is 12.8. The van der Waals surface area contributed by atoms with Gasteiger partial charge in [-0.3, -0.25) is 10.1 Å². The van der Waals surface area contributed by atoms with Gasteiger partial charge in [0.1, 0.15) is 11.6 Å². The summed E-state index contributed by atoms with van der Waals surface area (Å²) in [6.07, 6.45) is 0.470. The van der Waals surface area contributed by atoms with Crippen molar-refractivity contribution in [3.05, 3.63) is 33.9 Å². The first-order chi connectivity index (χ1) is 8.99. The molecule has 1 aromatic rings. The SMILES string of the molecule is O=C(O)c1cc(NC2CCOC2=O)ccc1[N+](=O)[O-]. The molecule has 8 heteroatoms. The van der Waals surface area contributed by atoms with E-state index in [0.717, 1.165) is 12.1 Å². The first-order valence-electron chi connectivity index (χ1n) is 5.44. The van der Waals surface area contributed by atoms with E-state index < -0.39 is 34.2 Å². The van der Waals surface area contributed by atoms with E-state index in [0.29, 0.717) is 18.7 Å². The molecule has 1 aliphatic heterocycles. The van der Waals surface area contributed by atoms with Gasteiger partial charge in [-0.05, 0) is 12.1 Å². The lowest BCUT2D eigenvalue weighted by Gasteiger charge is -2.10. The Balaban J connectivity index is 2.28. The molecule has 19 heavy (non-hydrogen) atoms. The number of carbonyl (C=O) groups excluding carboxylic acids is 1. The van der Waals surface area contributed by atoms with Crippen LogP contribution in [0.2, 0.25) is 0 Å². The summed E-state index contributed by atoms with van der Waals surface area (Å²) in [6.45, 7) is 0.301. The number of hydrogen-bond acceptors (Lipinski definition) is 6. The van der Waals surface area contributed by atoms with E-state index in [1.54, 1.807) is 0 Å². The smallest absolute Gasteiger partial charge is 0.342 e. The molecule has 0 amide bonds. The van der Waals surface area contributed by atoms with Gasteiger partial charge in [0.2, 0.25) is 0 Å². The average molecular weight is 266 g/mol. The summed E-state index contributed by atoms with van der Waals surface area (Å²) in [6, 6.07) is 3.03. The van der Waals surface area contributed by atoms with Crippen LogP contribution in [0, 0.1) is 10.1 Å². The van der Waals surface area contributed by atoms with Crippen LogP contribution in [0.4, 0.5) is 11.4 Å². The summed E-state index contributed by atoms with van der Waals surface area (Å²) < 4.78 is 4.75. The third kappa shape index (κ3) is 2.62. The zero-order valence-electron chi connectivity index (χ0n) is 9.66. The second kappa shape index (κ2) is 4.92. The number of carboxylic acids is 1. The van der Waals surface area contributed by atoms with Crippen LogP contribution in [0.25, 0.3) is 0 Å². The molecule has 1 aliphatic rings. The molecule has 0 spiro atoms. The molecule has 1 unspecified atom stereocenters. The van der Waals surface area contributed by atoms with E-state index >= 15 is 0 Å². The van der Waals surface area contributed by atoms with Gasteiger partial charge in [0.05, 0.1) is 11.5 Å². The number of nitrogens with one attached hydrogen (secondary N) is 1. The van der Waals surface area contributed by atoms with Gasteiger partial charge in [-0.25, -0.2) is 9.59 Å². The highest BCUT2D eigenvalue weighted by Crippen LogP contribution is 2.24. The zero-order valence-corrected chi connectivity index (χ0v) is 9.66. The molecular formula is C11H10N2O6. The molecule has 2 N–H and O–H groups in total. The number of nitrogens with zero attached hydrogens (tertiary/aromatic N) is 1. The van der Waals surface area contributed by atoms with Gasteiger partial charge in [0, 0.05) is 18.2 Å². The lowest BCUT2D eigenvalue weighted by molar-refractivity contribution is -0.385. The second-order valence-corrected chi connectivity index (χ2v) is 3.95. The number of rotatable bonds is 4. The molecule has 1 atom stereocenters. The van der Waals surface area contributed by atoms with Crippen molar-refractivity contribution in [2.75, 3.05) is 11.9 Å². The highest BCUT2D eigenvalue weighted by Gasteiger charge is 2.27. The fourth-order valence-corrected chi connectivity index (χ4v) is 1.78. The van der Waals surface area contributed by atoms with E-state index in [9.17, 15) is 19.7 Å². The predicted molar refractivity (Wildman–Crippen MR) is 63.0 cm³/mol. The lowest BCUT2D eigenvalue weighted by Crippen LogP contribution is -2.24. The van der Waals surface area contributed by atoms with Crippen LogP contribution in [0.3, 0.4) is 0 Å². The number of nitro groups is 1. The normalized spacial score (nSPS) is 17.9. The Morgan fingerprint density at radius 1 is 1.53 bits per heavy atom. The molecule has 1 aromatic carbocycles. The molecule has 1 saturated heterocycles. The van der Waals surface area contributed by atoms with E-state index in [2.05, 4.69) is 5.32 Å². The maximum Gasteiger partial charge on any atom is 0.342 e. The van der Waals surface area contributed by atoms with Crippen LogP contribution >= 0.6 is 0 Å². The third-order valence-corrected chi connectivity index (χ3v) is 2.70. The highest BCUT2D eigenvalue weighted by molar-refractivity contribution is 5.94. The van der Waals surface area contributed by atoms with Gasteiger partial charge < -0.3 is 15.2 Å². The average Bonchev–Trinajstić information content (AvgIpc) is 2.74. The topological polar surface area (TPSA) is 119 Å². The number of cyclic esters (lactones) is 1. The quantitative estimate of drug-likeness (QED) is 0.474. The predicted octanol–water partition coefficient (Wildman–Crippen LogP) is 1.02. The maximum atomic E-state index is 11.3. The van der Waals surface area contributed by atoms with Gasteiger partial charge in [0.15, 0.2) is 0 Å².